The minimum Gasteiger partial charge on any atom is -0.322 e. The summed E-state index contributed by atoms with van der Waals surface area (Å²) in [6.45, 7) is 7.97. The molecule has 0 spiro atoms. The Morgan fingerprint density at radius 2 is 2.27 bits per heavy atom. The number of hydrogen-bond acceptors (Lipinski definition) is 1. The highest BCUT2D eigenvalue weighted by atomic mass is 15.1. The van der Waals surface area contributed by atoms with Crippen LogP contribution < -0.4 is 0 Å². The van der Waals surface area contributed by atoms with Crippen LogP contribution in [0.3, 0.4) is 0 Å². The Bertz CT molecular complexity index is 244. The van der Waals surface area contributed by atoms with E-state index in [0.717, 1.165) is 5.70 Å². The van der Waals surface area contributed by atoms with Gasteiger partial charge in [-0.05, 0) is 26.0 Å². The predicted molar refractivity (Wildman–Crippen MR) is 48.7 cm³/mol. The molecular formula is C10H13N. The first kappa shape index (κ1) is 7.86. The second-order valence-corrected chi connectivity index (χ2v) is 2.51. The van der Waals surface area contributed by atoms with Crippen molar-refractivity contribution in [3.8, 4) is 0 Å². The maximum Gasteiger partial charge on any atom is 0.0380 e. The van der Waals surface area contributed by atoms with E-state index >= 15 is 0 Å². The van der Waals surface area contributed by atoms with E-state index < -0.39 is 0 Å². The van der Waals surface area contributed by atoms with Crippen LogP contribution in [0.5, 0.6) is 0 Å². The Hall–Kier alpha value is -1.24. The summed E-state index contributed by atoms with van der Waals surface area (Å²) in [5.41, 5.74) is 2.22. The summed E-state index contributed by atoms with van der Waals surface area (Å²) >= 11 is 0. The van der Waals surface area contributed by atoms with Gasteiger partial charge in [-0.25, -0.2) is 0 Å². The van der Waals surface area contributed by atoms with Gasteiger partial charge >= 0.3 is 0 Å². The summed E-state index contributed by atoms with van der Waals surface area (Å²) in [7, 11) is 0. The highest BCUT2D eigenvalue weighted by Crippen LogP contribution is 2.17. The Balaban J connectivity index is 2.86. The van der Waals surface area contributed by atoms with E-state index in [1.54, 1.807) is 0 Å². The van der Waals surface area contributed by atoms with Gasteiger partial charge in [0.25, 0.3) is 0 Å². The van der Waals surface area contributed by atoms with Crippen LogP contribution in [0.25, 0.3) is 0 Å². The van der Waals surface area contributed by atoms with Crippen LogP contribution in [0.15, 0.2) is 48.5 Å². The standard InChI is InChI=1S/C10H13N/c1-4-8-11-9(2)6-5-7-10(11)3/h4-8H,2H2,1,3H3/b8-4-. The van der Waals surface area contributed by atoms with Crippen LogP contribution in [0.4, 0.5) is 0 Å². The second-order valence-electron chi connectivity index (χ2n) is 2.51. The molecule has 0 atom stereocenters. The van der Waals surface area contributed by atoms with Crippen molar-refractivity contribution in [1.29, 1.82) is 0 Å². The van der Waals surface area contributed by atoms with Crippen molar-refractivity contribution in [2.24, 2.45) is 0 Å². The molecule has 0 unspecified atom stereocenters. The molecular weight excluding hydrogens is 134 g/mol. The Morgan fingerprint density at radius 3 is 2.82 bits per heavy atom. The van der Waals surface area contributed by atoms with E-state index in [0.29, 0.717) is 0 Å². The maximum absolute atomic E-state index is 3.91. The fourth-order valence-corrected chi connectivity index (χ4v) is 1.05. The van der Waals surface area contributed by atoms with Crippen molar-refractivity contribution in [3.63, 3.8) is 0 Å². The smallest absolute Gasteiger partial charge is 0.0380 e. The lowest BCUT2D eigenvalue weighted by atomic mass is 10.2. The number of allylic oxidation sites excluding steroid dienone is 5. The van der Waals surface area contributed by atoms with Gasteiger partial charge in [0.1, 0.15) is 0 Å². The average molecular weight is 147 g/mol. The Labute approximate surface area is 68.0 Å². The van der Waals surface area contributed by atoms with Crippen molar-refractivity contribution < 1.29 is 0 Å². The maximum atomic E-state index is 3.91. The minimum atomic E-state index is 1.02. The lowest BCUT2D eigenvalue weighted by Gasteiger charge is -2.23. The van der Waals surface area contributed by atoms with Gasteiger partial charge in [-0.2, -0.15) is 0 Å². The fraction of sp³-hybridized carbons (Fsp3) is 0.200. The molecule has 11 heavy (non-hydrogen) atoms. The molecule has 1 rings (SSSR count). The third-order valence-electron chi connectivity index (χ3n) is 1.61. The largest absolute Gasteiger partial charge is 0.322 e. The Kier molecular flexibility index (Phi) is 2.32. The zero-order chi connectivity index (χ0) is 8.27. The molecule has 1 nitrogen and oxygen atoms in total. The molecule has 0 radical (unpaired) electrons. The fourth-order valence-electron chi connectivity index (χ4n) is 1.05. The lowest BCUT2D eigenvalue weighted by molar-refractivity contribution is 0.590. The van der Waals surface area contributed by atoms with Crippen LogP contribution in [-0.4, -0.2) is 4.90 Å². The summed E-state index contributed by atoms with van der Waals surface area (Å²) in [5.74, 6) is 0. The third kappa shape index (κ3) is 1.61. The minimum absolute atomic E-state index is 1.02. The zero-order valence-electron chi connectivity index (χ0n) is 7.04. The van der Waals surface area contributed by atoms with Crippen molar-refractivity contribution in [3.05, 3.63) is 48.5 Å². The van der Waals surface area contributed by atoms with Crippen LogP contribution in [0.1, 0.15) is 13.8 Å². The first-order valence-corrected chi connectivity index (χ1v) is 3.71. The summed E-state index contributed by atoms with van der Waals surface area (Å²) in [6.07, 6.45) is 10.1. The molecule has 58 valence electrons. The molecule has 0 aliphatic carbocycles. The topological polar surface area (TPSA) is 3.24 Å². The van der Waals surface area contributed by atoms with E-state index in [4.69, 9.17) is 0 Å². The van der Waals surface area contributed by atoms with E-state index in [9.17, 15) is 0 Å². The molecule has 1 aliphatic heterocycles. The molecule has 0 saturated heterocycles. The normalized spacial score (nSPS) is 17.8. The summed E-state index contributed by atoms with van der Waals surface area (Å²) in [4.78, 5) is 2.06. The van der Waals surface area contributed by atoms with E-state index in [-0.39, 0.29) is 0 Å². The SMILES string of the molecule is C=C1C=CC=C(C)N1/C=C\C. The molecule has 1 aliphatic rings. The van der Waals surface area contributed by atoms with Gasteiger partial charge in [0.15, 0.2) is 0 Å². The number of rotatable bonds is 1. The molecule has 0 bridgehead atoms. The molecule has 0 amide bonds. The zero-order valence-corrected chi connectivity index (χ0v) is 7.04. The van der Waals surface area contributed by atoms with Crippen LogP contribution in [0, 0.1) is 0 Å². The van der Waals surface area contributed by atoms with Crippen molar-refractivity contribution >= 4 is 0 Å². The van der Waals surface area contributed by atoms with E-state index in [2.05, 4.69) is 24.5 Å². The third-order valence-corrected chi connectivity index (χ3v) is 1.61. The van der Waals surface area contributed by atoms with Gasteiger partial charge in [0.05, 0.1) is 0 Å². The summed E-state index contributed by atoms with van der Waals surface area (Å²) in [6, 6.07) is 0. The van der Waals surface area contributed by atoms with Crippen LogP contribution in [0.2, 0.25) is 0 Å². The van der Waals surface area contributed by atoms with Crippen molar-refractivity contribution in [1.82, 2.24) is 4.90 Å². The van der Waals surface area contributed by atoms with Gasteiger partial charge in [0, 0.05) is 17.6 Å². The second kappa shape index (κ2) is 3.24. The summed E-state index contributed by atoms with van der Waals surface area (Å²) in [5, 5.41) is 0. The Morgan fingerprint density at radius 1 is 1.55 bits per heavy atom. The summed E-state index contributed by atoms with van der Waals surface area (Å²) < 4.78 is 0. The highest BCUT2D eigenvalue weighted by molar-refractivity contribution is 5.31. The van der Waals surface area contributed by atoms with Gasteiger partial charge in [-0.1, -0.05) is 18.7 Å². The number of nitrogens with zero attached hydrogens (tertiary/aromatic N) is 1. The van der Waals surface area contributed by atoms with Crippen LogP contribution >= 0.6 is 0 Å². The van der Waals surface area contributed by atoms with Gasteiger partial charge in [-0.15, -0.1) is 0 Å². The van der Waals surface area contributed by atoms with E-state index in [1.807, 2.05) is 31.4 Å². The van der Waals surface area contributed by atoms with E-state index in [1.165, 1.54) is 5.70 Å². The lowest BCUT2D eigenvalue weighted by Crippen LogP contribution is -2.13. The number of hydrogen-bond donors (Lipinski definition) is 0. The average Bonchev–Trinajstić information content (AvgIpc) is 1.97. The van der Waals surface area contributed by atoms with Crippen molar-refractivity contribution in [2.45, 2.75) is 13.8 Å². The van der Waals surface area contributed by atoms with Gasteiger partial charge in [0.2, 0.25) is 0 Å². The molecule has 0 aromatic rings. The molecule has 1 heteroatoms. The van der Waals surface area contributed by atoms with Crippen LogP contribution in [-0.2, 0) is 0 Å². The molecule has 0 fully saturated rings. The highest BCUT2D eigenvalue weighted by Gasteiger charge is 2.05. The monoisotopic (exact) mass is 147 g/mol. The quantitative estimate of drug-likeness (QED) is 0.551. The molecule has 0 N–H and O–H groups in total. The molecule has 0 aromatic carbocycles. The molecule has 0 saturated carbocycles. The predicted octanol–water partition coefficient (Wildman–Crippen LogP) is 2.81. The van der Waals surface area contributed by atoms with Gasteiger partial charge in [-0.3, -0.25) is 0 Å². The molecule has 0 aromatic heterocycles. The first-order valence-electron chi connectivity index (χ1n) is 3.71. The first-order chi connectivity index (χ1) is 5.25. The van der Waals surface area contributed by atoms with Crippen molar-refractivity contribution in [2.75, 3.05) is 0 Å². The molecule has 1 heterocycles. The van der Waals surface area contributed by atoms with Gasteiger partial charge < -0.3 is 4.90 Å².